The molecule has 0 spiro atoms. The first kappa shape index (κ1) is 20.1. The fraction of sp³-hybridized carbons (Fsp3) is 0.222. The highest BCUT2D eigenvalue weighted by atomic mass is 19.4. The molecule has 4 amide bonds. The minimum absolute atomic E-state index is 0.202. The highest BCUT2D eigenvalue weighted by Crippen LogP contribution is 2.34. The van der Waals surface area contributed by atoms with E-state index in [-0.39, 0.29) is 5.56 Å². The van der Waals surface area contributed by atoms with Crippen LogP contribution < -0.4 is 15.4 Å². The van der Waals surface area contributed by atoms with Crippen molar-refractivity contribution in [3.8, 4) is 5.75 Å². The second-order valence-corrected chi connectivity index (χ2v) is 6.11. The zero-order valence-electron chi connectivity index (χ0n) is 15.0. The molecule has 1 aliphatic rings. The third-order valence-corrected chi connectivity index (χ3v) is 4.26. The zero-order valence-corrected chi connectivity index (χ0v) is 15.0. The van der Waals surface area contributed by atoms with Crippen LogP contribution >= 0.6 is 0 Å². The molecule has 0 bridgehead atoms. The van der Waals surface area contributed by atoms with Gasteiger partial charge in [0.15, 0.2) is 0 Å². The van der Waals surface area contributed by atoms with Gasteiger partial charge in [-0.25, -0.2) is 4.79 Å². The van der Waals surface area contributed by atoms with E-state index in [0.29, 0.717) is 16.2 Å². The summed E-state index contributed by atoms with van der Waals surface area (Å²) in [5, 5.41) is 3.20. The van der Waals surface area contributed by atoms with Crippen LogP contribution in [0.1, 0.15) is 15.9 Å². The predicted molar refractivity (Wildman–Crippen MR) is 92.6 cm³/mol. The fourth-order valence-corrected chi connectivity index (χ4v) is 2.72. The van der Waals surface area contributed by atoms with E-state index in [4.69, 9.17) is 4.74 Å². The minimum Gasteiger partial charge on any atom is -0.497 e. The molecule has 1 aromatic carbocycles. The van der Waals surface area contributed by atoms with Crippen LogP contribution in [0.25, 0.3) is 0 Å². The molecule has 0 aliphatic carbocycles. The minimum atomic E-state index is -5.29. The van der Waals surface area contributed by atoms with Crippen LogP contribution in [0, 0.1) is 0 Å². The molecule has 0 saturated carbocycles. The summed E-state index contributed by atoms with van der Waals surface area (Å²) in [5.74, 6) is -2.35. The molecular weight excluding hydrogens is 393 g/mol. The summed E-state index contributed by atoms with van der Waals surface area (Å²) in [4.78, 5) is 41.1. The second-order valence-electron chi connectivity index (χ2n) is 6.11. The number of nitrogens with one attached hydrogen (secondary N) is 2. The number of carbonyl (C=O) groups excluding carboxylic acids is 3. The second kappa shape index (κ2) is 7.41. The highest BCUT2D eigenvalue weighted by Gasteiger charge is 2.68. The van der Waals surface area contributed by atoms with E-state index in [0.717, 1.165) is 6.20 Å². The molecule has 2 N–H and O–H groups in total. The van der Waals surface area contributed by atoms with Crippen LogP contribution in [0.3, 0.4) is 0 Å². The Bertz CT molecular complexity index is 934. The number of rotatable bonds is 5. The molecule has 29 heavy (non-hydrogen) atoms. The topological polar surface area (TPSA) is 101 Å². The molecule has 1 atom stereocenters. The number of ether oxygens (including phenoxy) is 1. The number of halogens is 3. The van der Waals surface area contributed by atoms with Gasteiger partial charge in [0.1, 0.15) is 5.75 Å². The van der Waals surface area contributed by atoms with Gasteiger partial charge < -0.3 is 10.1 Å². The summed E-state index contributed by atoms with van der Waals surface area (Å²) >= 11 is 0. The number of hydrogen-bond acceptors (Lipinski definition) is 5. The van der Waals surface area contributed by atoms with Gasteiger partial charge in [-0.3, -0.25) is 24.8 Å². The molecule has 1 aromatic heterocycles. The molecule has 2 aromatic rings. The predicted octanol–water partition coefficient (Wildman–Crippen LogP) is 1.83. The molecule has 0 unspecified atom stereocenters. The Kier molecular flexibility index (Phi) is 5.14. The summed E-state index contributed by atoms with van der Waals surface area (Å²) in [6.45, 7) is -0.421. The Morgan fingerprint density at radius 2 is 1.93 bits per heavy atom. The van der Waals surface area contributed by atoms with Gasteiger partial charge >= 0.3 is 12.2 Å². The average molecular weight is 408 g/mol. The maximum Gasteiger partial charge on any atom is 0.440 e. The van der Waals surface area contributed by atoms with Crippen LogP contribution in [0.15, 0.2) is 48.8 Å². The van der Waals surface area contributed by atoms with Gasteiger partial charge in [-0.05, 0) is 29.8 Å². The monoisotopic (exact) mass is 408 g/mol. The third kappa shape index (κ3) is 3.71. The van der Waals surface area contributed by atoms with Crippen molar-refractivity contribution in [3.05, 3.63) is 59.9 Å². The molecular formula is C18H15F3N4O4. The Labute approximate surface area is 162 Å². The summed E-state index contributed by atoms with van der Waals surface area (Å²) in [6.07, 6.45) is -2.92. The fourth-order valence-electron chi connectivity index (χ4n) is 2.72. The van der Waals surface area contributed by atoms with Gasteiger partial charge in [-0.15, -0.1) is 0 Å². The summed E-state index contributed by atoms with van der Waals surface area (Å²) < 4.78 is 46.4. The first-order valence-corrected chi connectivity index (χ1v) is 8.24. The number of alkyl halides is 3. The maximum absolute atomic E-state index is 13.8. The average Bonchev–Trinajstić information content (AvgIpc) is 2.94. The van der Waals surface area contributed by atoms with Crippen LogP contribution in [-0.4, -0.2) is 46.7 Å². The number of methoxy groups -OCH3 is 1. The van der Waals surface area contributed by atoms with E-state index in [1.54, 1.807) is 10.6 Å². The van der Waals surface area contributed by atoms with Crippen LogP contribution in [-0.2, 0) is 11.3 Å². The van der Waals surface area contributed by atoms with Gasteiger partial charge in [-0.1, -0.05) is 12.1 Å². The molecule has 0 radical (unpaired) electrons. The summed E-state index contributed by atoms with van der Waals surface area (Å²) in [7, 11) is 1.44. The number of hydrogen-bond donors (Lipinski definition) is 2. The molecule has 8 nitrogen and oxygen atoms in total. The standard InChI is InChI=1S/C18H15F3N4O4/c1-29-13-6-4-11(5-7-13)10-25-15(27)17(18(19,20)21,24-16(25)28)23-14(26)12-3-2-8-22-9-12/h2-9H,10H2,1H3,(H,23,26)(H,24,28)/t17-/m1/s1. The number of urea groups is 1. The van der Waals surface area contributed by atoms with Crippen molar-refractivity contribution in [1.82, 2.24) is 20.5 Å². The molecule has 2 heterocycles. The third-order valence-electron chi connectivity index (χ3n) is 4.26. The molecule has 1 fully saturated rings. The van der Waals surface area contributed by atoms with Gasteiger partial charge in [-0.2, -0.15) is 13.2 Å². The number of carbonyl (C=O) groups is 3. The lowest BCUT2D eigenvalue weighted by molar-refractivity contribution is -0.200. The van der Waals surface area contributed by atoms with Crippen LogP contribution in [0.5, 0.6) is 5.75 Å². The van der Waals surface area contributed by atoms with Gasteiger partial charge in [0, 0.05) is 12.4 Å². The maximum atomic E-state index is 13.8. The van der Waals surface area contributed by atoms with Gasteiger partial charge in [0.05, 0.1) is 19.2 Å². The van der Waals surface area contributed by atoms with E-state index in [1.807, 2.05) is 0 Å². The number of imide groups is 1. The quantitative estimate of drug-likeness (QED) is 0.736. The molecule has 3 rings (SSSR count). The lowest BCUT2D eigenvalue weighted by Crippen LogP contribution is -2.69. The van der Waals surface area contributed by atoms with Crippen molar-refractivity contribution in [1.29, 1.82) is 0 Å². The Hall–Kier alpha value is -3.63. The van der Waals surface area contributed by atoms with Crippen molar-refractivity contribution in [2.75, 3.05) is 7.11 Å². The normalized spacial score (nSPS) is 19.1. The van der Waals surface area contributed by atoms with Crippen molar-refractivity contribution >= 4 is 17.8 Å². The molecule has 1 aliphatic heterocycles. The molecule has 1 saturated heterocycles. The molecule has 152 valence electrons. The van der Waals surface area contributed by atoms with E-state index in [2.05, 4.69) is 4.98 Å². The van der Waals surface area contributed by atoms with E-state index < -0.39 is 36.2 Å². The SMILES string of the molecule is COc1ccc(CN2C(=O)N[C@@](NC(=O)c3cccnc3)(C(F)(F)F)C2=O)cc1. The van der Waals surface area contributed by atoms with Gasteiger partial charge in [0.2, 0.25) is 0 Å². The van der Waals surface area contributed by atoms with Gasteiger partial charge in [0.25, 0.3) is 17.5 Å². The first-order chi connectivity index (χ1) is 13.7. The number of amides is 4. The Morgan fingerprint density at radius 1 is 1.24 bits per heavy atom. The summed E-state index contributed by atoms with van der Waals surface area (Å²) in [5.41, 5.74) is -3.39. The first-order valence-electron chi connectivity index (χ1n) is 8.24. The smallest absolute Gasteiger partial charge is 0.440 e. The Balaban J connectivity index is 1.89. The van der Waals surface area contributed by atoms with E-state index in [1.165, 1.54) is 49.7 Å². The lowest BCUT2D eigenvalue weighted by Gasteiger charge is -2.29. The van der Waals surface area contributed by atoms with Crippen molar-refractivity contribution < 1.29 is 32.3 Å². The Morgan fingerprint density at radius 3 is 2.48 bits per heavy atom. The lowest BCUT2D eigenvalue weighted by atomic mass is 10.1. The van der Waals surface area contributed by atoms with Crippen LogP contribution in [0.2, 0.25) is 0 Å². The number of aromatic nitrogens is 1. The van der Waals surface area contributed by atoms with Crippen molar-refractivity contribution in [2.24, 2.45) is 0 Å². The zero-order chi connectivity index (χ0) is 21.2. The highest BCUT2D eigenvalue weighted by molar-refractivity contribution is 6.10. The van der Waals surface area contributed by atoms with E-state index in [9.17, 15) is 27.6 Å². The summed E-state index contributed by atoms with van der Waals surface area (Å²) in [6, 6.07) is 7.37. The van der Waals surface area contributed by atoms with Crippen molar-refractivity contribution in [2.45, 2.75) is 18.4 Å². The number of pyridine rings is 1. The van der Waals surface area contributed by atoms with Crippen LogP contribution in [0.4, 0.5) is 18.0 Å². The number of benzene rings is 1. The van der Waals surface area contributed by atoms with E-state index >= 15 is 0 Å². The molecule has 11 heteroatoms. The van der Waals surface area contributed by atoms with Crippen molar-refractivity contribution in [3.63, 3.8) is 0 Å². The number of nitrogens with zero attached hydrogens (tertiary/aromatic N) is 2. The largest absolute Gasteiger partial charge is 0.497 e.